The Kier molecular flexibility index (Phi) is 5.07. The van der Waals surface area contributed by atoms with Gasteiger partial charge in [0, 0.05) is 16.7 Å². The van der Waals surface area contributed by atoms with Gasteiger partial charge >= 0.3 is 0 Å². The molecule has 0 saturated heterocycles. The molecule has 6 heteroatoms. The van der Waals surface area contributed by atoms with E-state index in [9.17, 15) is 9.90 Å². The van der Waals surface area contributed by atoms with Gasteiger partial charge in [0.25, 0.3) is 0 Å². The van der Waals surface area contributed by atoms with Gasteiger partial charge in [0.15, 0.2) is 11.6 Å². The first-order chi connectivity index (χ1) is 14.2. The molecular weight excluding hydrogens is 366 g/mol. The zero-order chi connectivity index (χ0) is 20.2. The molecule has 0 saturated carbocycles. The van der Waals surface area contributed by atoms with E-state index in [1.165, 1.54) is 0 Å². The first kappa shape index (κ1) is 18.4. The first-order valence-corrected chi connectivity index (χ1v) is 9.09. The Hall–Kier alpha value is -3.93. The van der Waals surface area contributed by atoms with Gasteiger partial charge in [-0.1, -0.05) is 30.3 Å². The molecule has 0 spiro atoms. The highest BCUT2D eigenvalue weighted by atomic mass is 16.5. The average molecular weight is 385 g/mol. The highest BCUT2D eigenvalue weighted by molar-refractivity contribution is 5.78. The number of aromatic hydroxyl groups is 1. The number of methoxy groups -OCH3 is 1. The number of ether oxygens (including phenoxy) is 1. The molecule has 0 unspecified atom stereocenters. The SMILES string of the molecule is COc1ccc(-c2nc(-c3cccc(C=O)c3)nn2Cc2ccc(O)cc2)cc1. The predicted octanol–water partition coefficient (Wildman–Crippen LogP) is 4.19. The maximum atomic E-state index is 11.1. The molecule has 3 aromatic carbocycles. The molecule has 0 atom stereocenters. The van der Waals surface area contributed by atoms with Gasteiger partial charge in [0.2, 0.25) is 0 Å². The van der Waals surface area contributed by atoms with Crippen LogP contribution >= 0.6 is 0 Å². The van der Waals surface area contributed by atoms with Crippen LogP contribution in [0.15, 0.2) is 72.8 Å². The Bertz CT molecular complexity index is 1130. The molecule has 0 bridgehead atoms. The number of phenols is 1. The van der Waals surface area contributed by atoms with Crippen molar-refractivity contribution in [1.29, 1.82) is 0 Å². The van der Waals surface area contributed by atoms with E-state index in [2.05, 4.69) is 5.10 Å². The molecule has 1 heterocycles. The van der Waals surface area contributed by atoms with Crippen LogP contribution in [0.25, 0.3) is 22.8 Å². The summed E-state index contributed by atoms with van der Waals surface area (Å²) in [6.07, 6.45) is 0.807. The summed E-state index contributed by atoms with van der Waals surface area (Å²) < 4.78 is 7.06. The number of carbonyl (C=O) groups excluding carboxylic acids is 1. The van der Waals surface area contributed by atoms with Crippen molar-refractivity contribution in [3.05, 3.63) is 83.9 Å². The van der Waals surface area contributed by atoms with E-state index in [-0.39, 0.29) is 5.75 Å². The van der Waals surface area contributed by atoms with E-state index in [1.54, 1.807) is 31.4 Å². The van der Waals surface area contributed by atoms with E-state index < -0.39 is 0 Å². The van der Waals surface area contributed by atoms with Crippen LogP contribution in [-0.2, 0) is 6.54 Å². The van der Waals surface area contributed by atoms with Crippen LogP contribution in [-0.4, -0.2) is 33.3 Å². The zero-order valence-electron chi connectivity index (χ0n) is 15.8. The van der Waals surface area contributed by atoms with E-state index in [1.807, 2.05) is 53.2 Å². The maximum Gasteiger partial charge on any atom is 0.181 e. The molecule has 1 N–H and O–H groups in total. The van der Waals surface area contributed by atoms with Gasteiger partial charge < -0.3 is 9.84 Å². The summed E-state index contributed by atoms with van der Waals surface area (Å²) in [6.45, 7) is 0.488. The maximum absolute atomic E-state index is 11.1. The third kappa shape index (κ3) is 4.01. The lowest BCUT2D eigenvalue weighted by Crippen LogP contribution is -2.04. The molecule has 29 heavy (non-hydrogen) atoms. The lowest BCUT2D eigenvalue weighted by atomic mass is 10.1. The van der Waals surface area contributed by atoms with Crippen molar-refractivity contribution in [2.24, 2.45) is 0 Å². The number of aromatic nitrogens is 3. The van der Waals surface area contributed by atoms with Crippen molar-refractivity contribution < 1.29 is 14.6 Å². The number of carbonyl (C=O) groups is 1. The molecule has 0 aliphatic heterocycles. The molecule has 144 valence electrons. The number of rotatable bonds is 6. The van der Waals surface area contributed by atoms with Crippen molar-refractivity contribution in [1.82, 2.24) is 14.8 Å². The lowest BCUT2D eigenvalue weighted by Gasteiger charge is -2.07. The molecule has 4 aromatic rings. The number of aldehydes is 1. The molecule has 0 aliphatic rings. The van der Waals surface area contributed by atoms with Gasteiger partial charge in [0.05, 0.1) is 13.7 Å². The van der Waals surface area contributed by atoms with E-state index in [4.69, 9.17) is 9.72 Å². The lowest BCUT2D eigenvalue weighted by molar-refractivity contribution is 0.112. The molecule has 1 aromatic heterocycles. The molecule has 0 radical (unpaired) electrons. The Labute approximate surface area is 168 Å². The van der Waals surface area contributed by atoms with Crippen molar-refractivity contribution in [2.45, 2.75) is 6.54 Å². The van der Waals surface area contributed by atoms with E-state index in [0.29, 0.717) is 23.8 Å². The minimum Gasteiger partial charge on any atom is -0.508 e. The van der Waals surface area contributed by atoms with Crippen LogP contribution in [0.5, 0.6) is 11.5 Å². The summed E-state index contributed by atoms with van der Waals surface area (Å²) in [5.41, 5.74) is 3.22. The summed E-state index contributed by atoms with van der Waals surface area (Å²) in [7, 11) is 1.63. The van der Waals surface area contributed by atoms with Crippen LogP contribution in [0.2, 0.25) is 0 Å². The summed E-state index contributed by atoms with van der Waals surface area (Å²) in [6, 6.07) is 21.8. The Balaban J connectivity index is 1.78. The third-order valence-electron chi connectivity index (χ3n) is 4.57. The quantitative estimate of drug-likeness (QED) is 0.504. The highest BCUT2D eigenvalue weighted by Gasteiger charge is 2.14. The number of hydrogen-bond acceptors (Lipinski definition) is 5. The van der Waals surface area contributed by atoms with Crippen molar-refractivity contribution in [3.63, 3.8) is 0 Å². The number of nitrogens with zero attached hydrogens (tertiary/aromatic N) is 3. The Morgan fingerprint density at radius 1 is 1.00 bits per heavy atom. The minimum atomic E-state index is 0.217. The molecule has 4 rings (SSSR count). The van der Waals surface area contributed by atoms with E-state index in [0.717, 1.165) is 28.7 Å². The third-order valence-corrected chi connectivity index (χ3v) is 4.57. The van der Waals surface area contributed by atoms with Crippen LogP contribution < -0.4 is 4.74 Å². The summed E-state index contributed by atoms with van der Waals surface area (Å²) in [4.78, 5) is 15.9. The van der Waals surface area contributed by atoms with Crippen LogP contribution in [0, 0.1) is 0 Å². The fourth-order valence-corrected chi connectivity index (χ4v) is 3.05. The monoisotopic (exact) mass is 385 g/mol. The molecule has 0 fully saturated rings. The van der Waals surface area contributed by atoms with Gasteiger partial charge in [0.1, 0.15) is 17.8 Å². The second-order valence-corrected chi connectivity index (χ2v) is 6.55. The van der Waals surface area contributed by atoms with Gasteiger partial charge in [-0.25, -0.2) is 9.67 Å². The predicted molar refractivity (Wildman–Crippen MR) is 110 cm³/mol. The standard InChI is InChI=1S/C23H19N3O3/c1-29-21-11-7-18(8-12-21)23-24-22(19-4-2-3-17(13-19)15-27)25-26(23)14-16-5-9-20(28)10-6-16/h2-13,15,28H,14H2,1H3. The fourth-order valence-electron chi connectivity index (χ4n) is 3.05. The minimum absolute atomic E-state index is 0.217. The summed E-state index contributed by atoms with van der Waals surface area (Å²) >= 11 is 0. The van der Waals surface area contributed by atoms with Crippen LogP contribution in [0.4, 0.5) is 0 Å². The van der Waals surface area contributed by atoms with Crippen molar-refractivity contribution in [2.75, 3.05) is 7.11 Å². The Morgan fingerprint density at radius 2 is 1.76 bits per heavy atom. The van der Waals surface area contributed by atoms with Gasteiger partial charge in [-0.05, 0) is 48.0 Å². The molecule has 0 aliphatic carbocycles. The Morgan fingerprint density at radius 3 is 2.45 bits per heavy atom. The molecule has 0 amide bonds. The van der Waals surface area contributed by atoms with Crippen LogP contribution in [0.1, 0.15) is 15.9 Å². The number of hydrogen-bond donors (Lipinski definition) is 1. The van der Waals surface area contributed by atoms with Crippen molar-refractivity contribution >= 4 is 6.29 Å². The van der Waals surface area contributed by atoms with E-state index >= 15 is 0 Å². The zero-order valence-corrected chi connectivity index (χ0v) is 15.8. The topological polar surface area (TPSA) is 77.2 Å². The largest absolute Gasteiger partial charge is 0.508 e. The smallest absolute Gasteiger partial charge is 0.181 e. The molecular formula is C23H19N3O3. The summed E-state index contributed by atoms with van der Waals surface area (Å²) in [5, 5.41) is 14.2. The average Bonchev–Trinajstić information content (AvgIpc) is 3.19. The van der Waals surface area contributed by atoms with Crippen LogP contribution in [0.3, 0.4) is 0 Å². The van der Waals surface area contributed by atoms with Gasteiger partial charge in [-0.2, -0.15) is 5.10 Å². The second kappa shape index (κ2) is 7.98. The van der Waals surface area contributed by atoms with Crippen molar-refractivity contribution in [3.8, 4) is 34.3 Å². The highest BCUT2D eigenvalue weighted by Crippen LogP contribution is 2.26. The first-order valence-electron chi connectivity index (χ1n) is 9.09. The number of phenolic OH excluding ortho intramolecular Hbond substituents is 1. The summed E-state index contributed by atoms with van der Waals surface area (Å²) in [5.74, 6) is 2.22. The number of benzene rings is 3. The second-order valence-electron chi connectivity index (χ2n) is 6.55. The normalized spacial score (nSPS) is 10.7. The fraction of sp³-hybridized carbons (Fsp3) is 0.0870. The van der Waals surface area contributed by atoms with Gasteiger partial charge in [-0.3, -0.25) is 4.79 Å². The molecule has 6 nitrogen and oxygen atoms in total. The van der Waals surface area contributed by atoms with Gasteiger partial charge in [-0.15, -0.1) is 0 Å².